The maximum absolute atomic E-state index is 12.5. The summed E-state index contributed by atoms with van der Waals surface area (Å²) in [5.41, 5.74) is 1.04. The number of aliphatic imine (C=N–C) groups is 1. The van der Waals surface area contributed by atoms with Crippen molar-refractivity contribution in [2.75, 3.05) is 6.54 Å². The Hall–Kier alpha value is -2.79. The quantitative estimate of drug-likeness (QED) is 0.462. The van der Waals surface area contributed by atoms with Gasteiger partial charge in [0.25, 0.3) is 0 Å². The summed E-state index contributed by atoms with van der Waals surface area (Å²) >= 11 is 0. The van der Waals surface area contributed by atoms with Crippen LogP contribution in [0.5, 0.6) is 5.75 Å². The summed E-state index contributed by atoms with van der Waals surface area (Å²) in [5, 5.41) is 11.0. The molecule has 2 rings (SSSR count). The molecule has 0 amide bonds. The van der Waals surface area contributed by atoms with Gasteiger partial charge in [0.05, 0.1) is 11.4 Å². The molecular formula is C18H21F3N4O3S. The zero-order valence-corrected chi connectivity index (χ0v) is 16.3. The fourth-order valence-corrected chi connectivity index (χ4v) is 2.87. The lowest BCUT2D eigenvalue weighted by molar-refractivity contribution is -0.274. The predicted molar refractivity (Wildman–Crippen MR) is 103 cm³/mol. The molecule has 0 saturated heterocycles. The minimum Gasteiger partial charge on any atom is -0.405 e. The minimum absolute atomic E-state index is 0.00321. The number of sulfonamides is 1. The van der Waals surface area contributed by atoms with E-state index in [0.717, 1.165) is 5.56 Å². The first-order valence-corrected chi connectivity index (χ1v) is 10.1. The van der Waals surface area contributed by atoms with E-state index in [0.29, 0.717) is 18.1 Å². The molecule has 0 heterocycles. The second kappa shape index (κ2) is 9.61. The molecule has 158 valence electrons. The van der Waals surface area contributed by atoms with Crippen LogP contribution in [0.3, 0.4) is 0 Å². The molecule has 0 aliphatic heterocycles. The van der Waals surface area contributed by atoms with E-state index < -0.39 is 16.4 Å². The van der Waals surface area contributed by atoms with Crippen LogP contribution in [0.25, 0.3) is 0 Å². The van der Waals surface area contributed by atoms with E-state index in [9.17, 15) is 21.6 Å². The molecular weight excluding hydrogens is 409 g/mol. The fraction of sp³-hybridized carbons (Fsp3) is 0.278. The van der Waals surface area contributed by atoms with E-state index in [1.165, 1.54) is 30.3 Å². The topological polar surface area (TPSA) is 106 Å². The number of ether oxygens (including phenoxy) is 1. The van der Waals surface area contributed by atoms with Crippen LogP contribution in [0.1, 0.15) is 18.1 Å². The van der Waals surface area contributed by atoms with E-state index in [1.807, 2.05) is 6.92 Å². The molecule has 0 atom stereocenters. The van der Waals surface area contributed by atoms with Gasteiger partial charge in [-0.2, -0.15) is 0 Å². The lowest BCUT2D eigenvalue weighted by atomic mass is 10.2. The third-order valence-corrected chi connectivity index (χ3v) is 4.59. The van der Waals surface area contributed by atoms with Gasteiger partial charge < -0.3 is 15.4 Å². The molecule has 0 radical (unpaired) electrons. The highest BCUT2D eigenvalue weighted by atomic mass is 32.2. The van der Waals surface area contributed by atoms with Crippen LogP contribution in [-0.4, -0.2) is 27.3 Å². The van der Waals surface area contributed by atoms with Gasteiger partial charge >= 0.3 is 6.36 Å². The Morgan fingerprint density at radius 2 is 1.76 bits per heavy atom. The highest BCUT2D eigenvalue weighted by molar-refractivity contribution is 7.89. The average molecular weight is 430 g/mol. The molecule has 29 heavy (non-hydrogen) atoms. The lowest BCUT2D eigenvalue weighted by Gasteiger charge is -2.15. The molecule has 11 heteroatoms. The van der Waals surface area contributed by atoms with E-state index in [-0.39, 0.29) is 23.7 Å². The summed E-state index contributed by atoms with van der Waals surface area (Å²) < 4.78 is 64.2. The van der Waals surface area contributed by atoms with E-state index >= 15 is 0 Å². The maximum Gasteiger partial charge on any atom is 0.573 e. The fourth-order valence-electron chi connectivity index (χ4n) is 2.35. The summed E-state index contributed by atoms with van der Waals surface area (Å²) in [6.45, 7) is 2.67. The van der Waals surface area contributed by atoms with Crippen LogP contribution < -0.4 is 20.5 Å². The number of guanidine groups is 1. The number of primary sulfonamides is 1. The standard InChI is InChI=1S/C18H21F3N4O3S/c1-2-23-17(24-11-13-7-9-15(10-8-13)29(22,26)27)25-12-14-5-3-4-6-16(14)28-18(19,20)21/h3-10H,2,11-12H2,1H3,(H2,22,26,27)(H2,23,24,25). The molecule has 2 aromatic rings. The van der Waals surface area contributed by atoms with Crippen molar-refractivity contribution >= 4 is 16.0 Å². The molecule has 2 aromatic carbocycles. The average Bonchev–Trinajstić information content (AvgIpc) is 2.63. The number of halogens is 3. The Morgan fingerprint density at radius 1 is 1.10 bits per heavy atom. The third kappa shape index (κ3) is 7.62. The van der Waals surface area contributed by atoms with Gasteiger partial charge in [0.1, 0.15) is 5.75 Å². The normalized spacial score (nSPS) is 12.5. The number of rotatable bonds is 7. The van der Waals surface area contributed by atoms with Gasteiger partial charge in [-0.25, -0.2) is 18.5 Å². The first kappa shape index (κ1) is 22.5. The lowest BCUT2D eigenvalue weighted by Crippen LogP contribution is -2.37. The summed E-state index contributed by atoms with van der Waals surface area (Å²) in [7, 11) is -3.77. The molecule has 0 aliphatic carbocycles. The second-order valence-corrected chi connectivity index (χ2v) is 7.45. The molecule has 0 saturated carbocycles. The molecule has 0 aromatic heterocycles. The van der Waals surface area contributed by atoms with Gasteiger partial charge in [0.15, 0.2) is 5.96 Å². The Kier molecular flexibility index (Phi) is 7.46. The highest BCUT2D eigenvalue weighted by Gasteiger charge is 2.31. The zero-order valence-electron chi connectivity index (χ0n) is 15.5. The van der Waals surface area contributed by atoms with Gasteiger partial charge in [-0.3, -0.25) is 0 Å². The Bertz CT molecular complexity index is 946. The number of nitrogens with one attached hydrogen (secondary N) is 2. The van der Waals surface area contributed by atoms with Crippen molar-refractivity contribution in [3.05, 3.63) is 59.7 Å². The monoisotopic (exact) mass is 430 g/mol. The van der Waals surface area contributed by atoms with Crippen LogP contribution in [0.15, 0.2) is 58.4 Å². The van der Waals surface area contributed by atoms with Crippen LogP contribution in [0.4, 0.5) is 13.2 Å². The Labute approximate surface area is 166 Å². The number of alkyl halides is 3. The predicted octanol–water partition coefficient (Wildman–Crippen LogP) is 2.49. The molecule has 0 bridgehead atoms. The van der Waals surface area contributed by atoms with Crippen molar-refractivity contribution < 1.29 is 26.3 Å². The van der Waals surface area contributed by atoms with Gasteiger partial charge in [0, 0.05) is 18.7 Å². The first-order chi connectivity index (χ1) is 13.6. The van der Waals surface area contributed by atoms with Gasteiger partial charge in [-0.1, -0.05) is 30.3 Å². The largest absolute Gasteiger partial charge is 0.573 e. The second-order valence-electron chi connectivity index (χ2n) is 5.89. The summed E-state index contributed by atoms with van der Waals surface area (Å²) in [4.78, 5) is 4.34. The molecule has 0 spiro atoms. The van der Waals surface area contributed by atoms with E-state index in [1.54, 1.807) is 18.2 Å². The molecule has 7 nitrogen and oxygen atoms in total. The Morgan fingerprint density at radius 3 is 2.34 bits per heavy atom. The number of para-hydroxylation sites is 1. The summed E-state index contributed by atoms with van der Waals surface area (Å²) in [6, 6.07) is 11.7. The number of hydrogen-bond acceptors (Lipinski definition) is 4. The summed E-state index contributed by atoms with van der Waals surface area (Å²) in [5.74, 6) is 0.0896. The van der Waals surface area contributed by atoms with Crippen molar-refractivity contribution in [1.29, 1.82) is 0 Å². The molecule has 0 fully saturated rings. The van der Waals surface area contributed by atoms with Crippen LogP contribution in [0.2, 0.25) is 0 Å². The molecule has 4 N–H and O–H groups in total. The number of nitrogens with two attached hydrogens (primary N) is 1. The first-order valence-electron chi connectivity index (χ1n) is 8.56. The third-order valence-electron chi connectivity index (χ3n) is 3.66. The van der Waals surface area contributed by atoms with Crippen LogP contribution in [-0.2, 0) is 23.1 Å². The zero-order chi connectivity index (χ0) is 21.5. The highest BCUT2D eigenvalue weighted by Crippen LogP contribution is 2.26. The van der Waals surface area contributed by atoms with Crippen LogP contribution >= 0.6 is 0 Å². The van der Waals surface area contributed by atoms with Crippen LogP contribution in [0, 0.1) is 0 Å². The molecule has 0 aliphatic rings. The number of hydrogen-bond donors (Lipinski definition) is 3. The maximum atomic E-state index is 12.5. The van der Waals surface area contributed by atoms with Gasteiger partial charge in [-0.15, -0.1) is 13.2 Å². The van der Waals surface area contributed by atoms with Crippen molar-refractivity contribution in [3.8, 4) is 5.75 Å². The van der Waals surface area contributed by atoms with Crippen molar-refractivity contribution in [2.45, 2.75) is 31.3 Å². The molecule has 0 unspecified atom stereocenters. The van der Waals surface area contributed by atoms with Crippen molar-refractivity contribution in [2.24, 2.45) is 10.1 Å². The van der Waals surface area contributed by atoms with Crippen molar-refractivity contribution in [1.82, 2.24) is 10.6 Å². The Balaban J connectivity index is 2.07. The number of nitrogens with zero attached hydrogens (tertiary/aromatic N) is 1. The SMILES string of the molecule is CCNC(=NCc1ccc(S(N)(=O)=O)cc1)NCc1ccccc1OC(F)(F)F. The van der Waals surface area contributed by atoms with E-state index in [4.69, 9.17) is 5.14 Å². The van der Waals surface area contributed by atoms with E-state index in [2.05, 4.69) is 20.4 Å². The van der Waals surface area contributed by atoms with Crippen molar-refractivity contribution in [3.63, 3.8) is 0 Å². The number of benzene rings is 2. The minimum atomic E-state index is -4.78. The summed E-state index contributed by atoms with van der Waals surface area (Å²) in [6.07, 6.45) is -4.78. The van der Waals surface area contributed by atoms with Gasteiger partial charge in [-0.05, 0) is 30.7 Å². The van der Waals surface area contributed by atoms with Gasteiger partial charge in [0.2, 0.25) is 10.0 Å². The smallest absolute Gasteiger partial charge is 0.405 e.